The van der Waals surface area contributed by atoms with E-state index in [1.807, 2.05) is 12.1 Å². The summed E-state index contributed by atoms with van der Waals surface area (Å²) in [6.45, 7) is 0.457. The second kappa shape index (κ2) is 3.97. The molecule has 0 radical (unpaired) electrons. The zero-order valence-corrected chi connectivity index (χ0v) is 8.06. The third-order valence-electron chi connectivity index (χ3n) is 2.24. The van der Waals surface area contributed by atoms with E-state index in [0.717, 1.165) is 12.0 Å². The second-order valence-corrected chi connectivity index (χ2v) is 3.23. The van der Waals surface area contributed by atoms with Crippen molar-refractivity contribution in [1.82, 2.24) is 0 Å². The number of nitriles is 1. The van der Waals surface area contributed by atoms with Gasteiger partial charge in [-0.05, 0) is 17.7 Å². The van der Waals surface area contributed by atoms with Crippen molar-refractivity contribution in [2.45, 2.75) is 6.42 Å². The normalized spacial score (nSPS) is 15.1. The molecule has 1 heterocycles. The van der Waals surface area contributed by atoms with Gasteiger partial charge in [-0.15, -0.1) is 0 Å². The molecule has 15 heavy (non-hydrogen) atoms. The third kappa shape index (κ3) is 1.89. The van der Waals surface area contributed by atoms with Crippen molar-refractivity contribution in [2.24, 2.45) is 0 Å². The average molecular weight is 199 g/mol. The molecule has 0 saturated heterocycles. The summed E-state index contributed by atoms with van der Waals surface area (Å²) in [6.07, 6.45) is 2.62. The van der Waals surface area contributed by atoms with Crippen LogP contribution >= 0.6 is 0 Å². The highest BCUT2D eigenvalue weighted by molar-refractivity contribution is 6.16. The first-order valence-electron chi connectivity index (χ1n) is 4.69. The van der Waals surface area contributed by atoms with E-state index in [9.17, 15) is 4.79 Å². The lowest BCUT2D eigenvalue weighted by molar-refractivity contribution is -0.137. The van der Waals surface area contributed by atoms with Crippen LogP contribution < -0.4 is 0 Å². The van der Waals surface area contributed by atoms with E-state index in [-0.39, 0.29) is 5.97 Å². The van der Waals surface area contributed by atoms with Gasteiger partial charge >= 0.3 is 5.97 Å². The molecule has 0 N–H and O–H groups in total. The summed E-state index contributed by atoms with van der Waals surface area (Å²) in [6, 6.07) is 8.94. The molecule has 1 aromatic carbocycles. The Morgan fingerprint density at radius 1 is 1.27 bits per heavy atom. The molecule has 1 aliphatic rings. The van der Waals surface area contributed by atoms with Gasteiger partial charge in [-0.25, -0.2) is 4.79 Å². The minimum Gasteiger partial charge on any atom is -0.462 e. The number of carbonyl (C=O) groups is 1. The standard InChI is InChI=1S/C12H9NO2/c13-8-9-3-5-10(6-4-9)11-2-1-7-15-12(11)14/h2-6H,1,7H2. The molecule has 1 aliphatic heterocycles. The molecule has 0 saturated carbocycles. The number of ether oxygens (including phenoxy) is 1. The molecule has 0 spiro atoms. The van der Waals surface area contributed by atoms with Crippen LogP contribution in [0.1, 0.15) is 17.5 Å². The quantitative estimate of drug-likeness (QED) is 0.649. The predicted octanol–water partition coefficient (Wildman–Crippen LogP) is 1.89. The summed E-state index contributed by atoms with van der Waals surface area (Å²) in [5.41, 5.74) is 1.98. The second-order valence-electron chi connectivity index (χ2n) is 3.23. The maximum absolute atomic E-state index is 11.4. The van der Waals surface area contributed by atoms with Crippen LogP contribution in [0.3, 0.4) is 0 Å². The number of rotatable bonds is 1. The van der Waals surface area contributed by atoms with E-state index >= 15 is 0 Å². The summed E-state index contributed by atoms with van der Waals surface area (Å²) in [7, 11) is 0. The molecule has 0 unspecified atom stereocenters. The minimum atomic E-state index is -0.286. The van der Waals surface area contributed by atoms with E-state index < -0.39 is 0 Å². The van der Waals surface area contributed by atoms with Crippen LogP contribution in [-0.2, 0) is 9.53 Å². The molecular weight excluding hydrogens is 190 g/mol. The smallest absolute Gasteiger partial charge is 0.338 e. The summed E-state index contributed by atoms with van der Waals surface area (Å²) in [4.78, 5) is 11.4. The molecule has 0 fully saturated rings. The molecule has 0 atom stereocenters. The van der Waals surface area contributed by atoms with Crippen molar-refractivity contribution >= 4 is 11.5 Å². The Hall–Kier alpha value is -2.08. The van der Waals surface area contributed by atoms with Gasteiger partial charge in [-0.1, -0.05) is 18.2 Å². The molecular formula is C12H9NO2. The summed E-state index contributed by atoms with van der Waals surface area (Å²) < 4.78 is 4.93. The van der Waals surface area contributed by atoms with Gasteiger partial charge in [-0.2, -0.15) is 5.26 Å². The minimum absolute atomic E-state index is 0.286. The molecule has 2 rings (SSSR count). The molecule has 1 aromatic rings. The molecule has 0 aromatic heterocycles. The SMILES string of the molecule is N#Cc1ccc(C2=CCCOC2=O)cc1. The van der Waals surface area contributed by atoms with E-state index in [4.69, 9.17) is 10.00 Å². The van der Waals surface area contributed by atoms with E-state index in [1.54, 1.807) is 24.3 Å². The van der Waals surface area contributed by atoms with Crippen molar-refractivity contribution in [3.8, 4) is 6.07 Å². The molecule has 3 nitrogen and oxygen atoms in total. The number of hydrogen-bond acceptors (Lipinski definition) is 3. The van der Waals surface area contributed by atoms with Crippen LogP contribution in [0.4, 0.5) is 0 Å². The van der Waals surface area contributed by atoms with Crippen LogP contribution in [0, 0.1) is 11.3 Å². The Bertz CT molecular complexity index is 452. The predicted molar refractivity (Wildman–Crippen MR) is 54.7 cm³/mol. The van der Waals surface area contributed by atoms with Gasteiger partial charge in [0.2, 0.25) is 0 Å². The Kier molecular flexibility index (Phi) is 2.51. The van der Waals surface area contributed by atoms with Crippen LogP contribution in [0.25, 0.3) is 5.57 Å². The monoisotopic (exact) mass is 199 g/mol. The molecule has 0 bridgehead atoms. The summed E-state index contributed by atoms with van der Waals surface area (Å²) >= 11 is 0. The molecule has 74 valence electrons. The largest absolute Gasteiger partial charge is 0.462 e. The fraction of sp³-hybridized carbons (Fsp3) is 0.167. The van der Waals surface area contributed by atoms with Gasteiger partial charge < -0.3 is 4.74 Å². The van der Waals surface area contributed by atoms with Crippen LogP contribution in [0.5, 0.6) is 0 Å². The van der Waals surface area contributed by atoms with Crippen LogP contribution in [0.15, 0.2) is 30.3 Å². The number of cyclic esters (lactones) is 1. The number of nitrogens with zero attached hydrogens (tertiary/aromatic N) is 1. The van der Waals surface area contributed by atoms with E-state index in [2.05, 4.69) is 0 Å². The molecule has 0 aliphatic carbocycles. The fourth-order valence-electron chi connectivity index (χ4n) is 1.48. The fourth-order valence-corrected chi connectivity index (χ4v) is 1.48. The van der Waals surface area contributed by atoms with Gasteiger partial charge in [0.25, 0.3) is 0 Å². The van der Waals surface area contributed by atoms with Gasteiger partial charge in [-0.3, -0.25) is 0 Å². The zero-order valence-electron chi connectivity index (χ0n) is 8.06. The first kappa shape index (κ1) is 9.47. The zero-order chi connectivity index (χ0) is 10.7. The summed E-state index contributed by atoms with van der Waals surface area (Å²) in [5, 5.41) is 8.63. The number of esters is 1. The highest BCUT2D eigenvalue weighted by atomic mass is 16.5. The van der Waals surface area contributed by atoms with Crippen molar-refractivity contribution in [1.29, 1.82) is 5.26 Å². The van der Waals surface area contributed by atoms with Gasteiger partial charge in [0.05, 0.1) is 23.8 Å². The highest BCUT2D eigenvalue weighted by Gasteiger charge is 2.16. The lowest BCUT2D eigenvalue weighted by Gasteiger charge is -2.12. The number of carbonyl (C=O) groups excluding carboxylic acids is 1. The average Bonchev–Trinajstić information content (AvgIpc) is 2.30. The van der Waals surface area contributed by atoms with Crippen molar-refractivity contribution < 1.29 is 9.53 Å². The Balaban J connectivity index is 2.33. The number of hydrogen-bond donors (Lipinski definition) is 0. The van der Waals surface area contributed by atoms with Gasteiger partial charge in [0, 0.05) is 6.42 Å². The molecule has 0 amide bonds. The highest BCUT2D eigenvalue weighted by Crippen LogP contribution is 2.20. The third-order valence-corrected chi connectivity index (χ3v) is 2.24. The van der Waals surface area contributed by atoms with Crippen LogP contribution in [0.2, 0.25) is 0 Å². The van der Waals surface area contributed by atoms with Gasteiger partial charge in [0.1, 0.15) is 0 Å². The Morgan fingerprint density at radius 2 is 2.00 bits per heavy atom. The molecule has 3 heteroatoms. The maximum atomic E-state index is 11.4. The maximum Gasteiger partial charge on any atom is 0.338 e. The van der Waals surface area contributed by atoms with Crippen molar-refractivity contribution in [3.63, 3.8) is 0 Å². The first-order chi connectivity index (χ1) is 7.31. The van der Waals surface area contributed by atoms with E-state index in [0.29, 0.717) is 17.7 Å². The lowest BCUT2D eigenvalue weighted by Crippen LogP contribution is -2.12. The summed E-state index contributed by atoms with van der Waals surface area (Å²) in [5.74, 6) is -0.286. The van der Waals surface area contributed by atoms with Crippen LogP contribution in [-0.4, -0.2) is 12.6 Å². The number of benzene rings is 1. The van der Waals surface area contributed by atoms with Crippen molar-refractivity contribution in [3.05, 3.63) is 41.5 Å². The lowest BCUT2D eigenvalue weighted by atomic mass is 10.0. The Morgan fingerprint density at radius 3 is 2.60 bits per heavy atom. The first-order valence-corrected chi connectivity index (χ1v) is 4.69. The topological polar surface area (TPSA) is 50.1 Å². The van der Waals surface area contributed by atoms with Crippen molar-refractivity contribution in [2.75, 3.05) is 6.61 Å². The van der Waals surface area contributed by atoms with Gasteiger partial charge in [0.15, 0.2) is 0 Å². The Labute approximate surface area is 87.6 Å². The van der Waals surface area contributed by atoms with E-state index in [1.165, 1.54) is 0 Å².